The van der Waals surface area contributed by atoms with Crippen molar-refractivity contribution in [1.29, 1.82) is 5.26 Å². The average Bonchev–Trinajstić information content (AvgIpc) is 2.98. The summed E-state index contributed by atoms with van der Waals surface area (Å²) in [5.74, 6) is 1.06. The van der Waals surface area contributed by atoms with Crippen molar-refractivity contribution in [3.63, 3.8) is 0 Å². The van der Waals surface area contributed by atoms with Gasteiger partial charge in [0.25, 0.3) is 0 Å². The fraction of sp³-hybridized carbons (Fsp3) is 0.176. The van der Waals surface area contributed by atoms with E-state index in [1.54, 1.807) is 6.07 Å². The van der Waals surface area contributed by atoms with Gasteiger partial charge in [-0.1, -0.05) is 18.2 Å². The predicted octanol–water partition coefficient (Wildman–Crippen LogP) is 2.93. The van der Waals surface area contributed by atoms with E-state index in [0.29, 0.717) is 11.6 Å². The smallest absolute Gasteiger partial charge is 0.227 e. The van der Waals surface area contributed by atoms with E-state index in [2.05, 4.69) is 11.1 Å². The number of benzene rings is 2. The number of oxazole rings is 1. The molecule has 3 rings (SSSR count). The third-order valence-corrected chi connectivity index (χ3v) is 3.23. The van der Waals surface area contributed by atoms with Crippen molar-refractivity contribution in [3.05, 3.63) is 48.0 Å². The van der Waals surface area contributed by atoms with Crippen LogP contribution in [0, 0.1) is 11.3 Å². The topological polar surface area (TPSA) is 79.3 Å². The lowest BCUT2D eigenvalue weighted by atomic mass is 10.1. The van der Waals surface area contributed by atoms with Crippen LogP contribution in [0.25, 0.3) is 22.6 Å². The molecule has 5 nitrogen and oxygen atoms in total. The number of aliphatic hydroxyl groups excluding tert-OH is 1. The van der Waals surface area contributed by atoms with E-state index < -0.39 is 0 Å². The first-order valence-electron chi connectivity index (χ1n) is 6.91. The molecular formula is C17H14N2O3. The van der Waals surface area contributed by atoms with Gasteiger partial charge in [0.1, 0.15) is 17.9 Å². The van der Waals surface area contributed by atoms with Crippen molar-refractivity contribution < 1.29 is 14.3 Å². The molecule has 1 heterocycles. The molecule has 1 aromatic heterocycles. The quantitative estimate of drug-likeness (QED) is 0.782. The van der Waals surface area contributed by atoms with Gasteiger partial charge < -0.3 is 14.3 Å². The summed E-state index contributed by atoms with van der Waals surface area (Å²) in [6.07, 6.45) is 0.245. The molecular weight excluding hydrogens is 280 g/mol. The molecule has 5 heteroatoms. The monoisotopic (exact) mass is 294 g/mol. The van der Waals surface area contributed by atoms with Crippen LogP contribution < -0.4 is 4.74 Å². The number of ether oxygens (including phenoxy) is 1. The molecule has 0 aliphatic heterocycles. The minimum absolute atomic E-state index is 0.0842. The van der Waals surface area contributed by atoms with Crippen molar-refractivity contribution in [2.75, 3.05) is 13.2 Å². The Morgan fingerprint density at radius 1 is 1.23 bits per heavy atom. The summed E-state index contributed by atoms with van der Waals surface area (Å²) >= 11 is 0. The lowest BCUT2D eigenvalue weighted by Gasteiger charge is -2.09. The molecule has 0 fully saturated rings. The van der Waals surface area contributed by atoms with Gasteiger partial charge in [-0.2, -0.15) is 5.26 Å². The Bertz CT molecular complexity index is 800. The van der Waals surface area contributed by atoms with Gasteiger partial charge in [-0.05, 0) is 24.3 Å². The second-order valence-corrected chi connectivity index (χ2v) is 4.72. The first-order valence-corrected chi connectivity index (χ1v) is 6.91. The van der Waals surface area contributed by atoms with Crippen molar-refractivity contribution in [2.24, 2.45) is 0 Å². The molecule has 1 N–H and O–H groups in total. The fourth-order valence-electron chi connectivity index (χ4n) is 2.20. The molecule has 0 aliphatic rings. The van der Waals surface area contributed by atoms with Crippen LogP contribution >= 0.6 is 0 Å². The molecule has 0 unspecified atom stereocenters. The Labute approximate surface area is 127 Å². The number of hydrogen-bond acceptors (Lipinski definition) is 5. The summed E-state index contributed by atoms with van der Waals surface area (Å²) in [5.41, 5.74) is 3.05. The molecule has 2 aromatic carbocycles. The molecule has 0 saturated heterocycles. The van der Waals surface area contributed by atoms with Crippen molar-refractivity contribution in [1.82, 2.24) is 4.98 Å². The van der Waals surface area contributed by atoms with Crippen LogP contribution in [-0.2, 0) is 6.42 Å². The van der Waals surface area contributed by atoms with E-state index in [1.165, 1.54) is 0 Å². The molecule has 0 spiro atoms. The maximum absolute atomic E-state index is 8.91. The molecule has 22 heavy (non-hydrogen) atoms. The summed E-state index contributed by atoms with van der Waals surface area (Å²) < 4.78 is 11.2. The Balaban J connectivity index is 2.01. The zero-order valence-corrected chi connectivity index (χ0v) is 11.8. The summed E-state index contributed by atoms with van der Waals surface area (Å²) in [7, 11) is 0. The Kier molecular flexibility index (Phi) is 4.03. The Hall–Kier alpha value is -2.84. The van der Waals surface area contributed by atoms with Crippen molar-refractivity contribution in [2.45, 2.75) is 6.42 Å². The van der Waals surface area contributed by atoms with Gasteiger partial charge in [0.15, 0.2) is 5.58 Å². The van der Waals surface area contributed by atoms with Gasteiger partial charge in [0.05, 0.1) is 19.1 Å². The van der Waals surface area contributed by atoms with Crippen LogP contribution in [0.5, 0.6) is 5.75 Å². The third-order valence-electron chi connectivity index (χ3n) is 3.23. The standard InChI is InChI=1S/C17H14N2O3/c18-8-7-12-5-6-13(11-16(12)21-10-9-20)17-19-14-3-1-2-4-15(14)22-17/h1-6,11,20H,7,9-10H2. The number of hydrogen-bond donors (Lipinski definition) is 1. The SMILES string of the molecule is N#CCc1ccc(-c2nc3ccccc3o2)cc1OCCO. The van der Waals surface area contributed by atoms with Crippen LogP contribution in [0.1, 0.15) is 5.56 Å². The highest BCUT2D eigenvalue weighted by Crippen LogP contribution is 2.29. The molecule has 0 radical (unpaired) electrons. The molecule has 0 atom stereocenters. The summed E-state index contributed by atoms with van der Waals surface area (Å²) in [5, 5.41) is 17.8. The van der Waals surface area contributed by atoms with Gasteiger partial charge >= 0.3 is 0 Å². The number of rotatable bonds is 5. The zero-order chi connectivity index (χ0) is 15.4. The van der Waals surface area contributed by atoms with Gasteiger partial charge in [-0.15, -0.1) is 0 Å². The van der Waals surface area contributed by atoms with Crippen molar-refractivity contribution in [3.8, 4) is 23.3 Å². The minimum Gasteiger partial charge on any atom is -0.491 e. The normalized spacial score (nSPS) is 10.5. The lowest BCUT2D eigenvalue weighted by molar-refractivity contribution is 0.200. The van der Waals surface area contributed by atoms with Crippen LogP contribution in [0.3, 0.4) is 0 Å². The summed E-state index contributed by atoms with van der Waals surface area (Å²) in [4.78, 5) is 4.44. The van der Waals surface area contributed by atoms with Crippen LogP contribution in [0.4, 0.5) is 0 Å². The zero-order valence-electron chi connectivity index (χ0n) is 11.8. The molecule has 3 aromatic rings. The van der Waals surface area contributed by atoms with Gasteiger partial charge in [-0.3, -0.25) is 0 Å². The van der Waals surface area contributed by atoms with E-state index in [9.17, 15) is 0 Å². The molecule has 0 saturated carbocycles. The van der Waals surface area contributed by atoms with E-state index in [1.807, 2.05) is 36.4 Å². The number of nitriles is 1. The van der Waals surface area contributed by atoms with E-state index in [4.69, 9.17) is 19.5 Å². The van der Waals surface area contributed by atoms with Gasteiger partial charge in [-0.25, -0.2) is 4.98 Å². The van der Waals surface area contributed by atoms with Crippen LogP contribution in [-0.4, -0.2) is 23.3 Å². The maximum Gasteiger partial charge on any atom is 0.227 e. The maximum atomic E-state index is 8.91. The molecule has 110 valence electrons. The molecule has 0 bridgehead atoms. The molecule has 0 amide bonds. The highest BCUT2D eigenvalue weighted by Gasteiger charge is 2.11. The summed E-state index contributed by atoms with van der Waals surface area (Å²) in [6, 6.07) is 15.1. The highest BCUT2D eigenvalue weighted by molar-refractivity contribution is 5.76. The largest absolute Gasteiger partial charge is 0.491 e. The highest BCUT2D eigenvalue weighted by atomic mass is 16.5. The number of fused-ring (bicyclic) bond motifs is 1. The first-order chi connectivity index (χ1) is 10.8. The van der Waals surface area contributed by atoms with E-state index in [-0.39, 0.29) is 19.6 Å². The number of aliphatic hydroxyl groups is 1. The Morgan fingerprint density at radius 2 is 2.09 bits per heavy atom. The lowest BCUT2D eigenvalue weighted by Crippen LogP contribution is -2.04. The van der Waals surface area contributed by atoms with Crippen molar-refractivity contribution >= 4 is 11.1 Å². The fourth-order valence-corrected chi connectivity index (χ4v) is 2.20. The summed E-state index contributed by atoms with van der Waals surface area (Å²) in [6.45, 7) is 0.0918. The van der Waals surface area contributed by atoms with E-state index >= 15 is 0 Å². The van der Waals surface area contributed by atoms with Crippen LogP contribution in [0.15, 0.2) is 46.9 Å². The number of nitrogens with zero attached hydrogens (tertiary/aromatic N) is 2. The van der Waals surface area contributed by atoms with Gasteiger partial charge in [0.2, 0.25) is 5.89 Å². The van der Waals surface area contributed by atoms with Gasteiger partial charge in [0, 0.05) is 11.1 Å². The first kappa shape index (κ1) is 14.1. The van der Waals surface area contributed by atoms with Crippen LogP contribution in [0.2, 0.25) is 0 Å². The second kappa shape index (κ2) is 6.29. The second-order valence-electron chi connectivity index (χ2n) is 4.72. The minimum atomic E-state index is -0.0842. The number of para-hydroxylation sites is 2. The van der Waals surface area contributed by atoms with E-state index in [0.717, 1.165) is 22.2 Å². The average molecular weight is 294 g/mol. The number of aromatic nitrogens is 1. The predicted molar refractivity (Wildman–Crippen MR) is 81.3 cm³/mol. The third kappa shape index (κ3) is 2.78. The Morgan fingerprint density at radius 3 is 2.86 bits per heavy atom. The molecule has 0 aliphatic carbocycles.